The number of halogens is 1. The molecule has 2 heterocycles. The van der Waals surface area contributed by atoms with Crippen molar-refractivity contribution < 1.29 is 14.6 Å². The maximum absolute atomic E-state index is 13.2. The van der Waals surface area contributed by atoms with Crippen molar-refractivity contribution in [2.24, 2.45) is 0 Å². The Labute approximate surface area is 216 Å². The predicted octanol–water partition coefficient (Wildman–Crippen LogP) is 5.63. The number of nitrogens with zero attached hydrogens (tertiary/aromatic N) is 2. The third kappa shape index (κ3) is 4.40. The first kappa shape index (κ1) is 23.4. The van der Waals surface area contributed by atoms with Gasteiger partial charge < -0.3 is 19.3 Å². The Bertz CT molecular complexity index is 1470. The number of hydrogen-bond donors (Lipinski definition) is 1. The summed E-state index contributed by atoms with van der Waals surface area (Å²) in [5, 5.41) is 10.1. The second kappa shape index (κ2) is 9.73. The van der Waals surface area contributed by atoms with E-state index >= 15 is 0 Å². The van der Waals surface area contributed by atoms with Crippen molar-refractivity contribution in [3.8, 4) is 16.9 Å². The van der Waals surface area contributed by atoms with Crippen LogP contribution in [0.15, 0.2) is 71.7 Å². The van der Waals surface area contributed by atoms with Crippen LogP contribution in [0.3, 0.4) is 0 Å². The van der Waals surface area contributed by atoms with Crippen molar-refractivity contribution in [1.29, 1.82) is 0 Å². The topological polar surface area (TPSA) is 71.8 Å². The maximum atomic E-state index is 13.2. The van der Waals surface area contributed by atoms with Crippen LogP contribution in [0.5, 0.6) is 5.75 Å². The van der Waals surface area contributed by atoms with Crippen LogP contribution in [0.25, 0.3) is 22.0 Å². The number of aromatic carboxylic acids is 1. The summed E-state index contributed by atoms with van der Waals surface area (Å²) in [6.07, 6.45) is 3.66. The SMILES string of the molecule is COc1c(N2CCCC2)c(I)cc2c(=O)c(C(=O)O)cn(Cc3cccc(-c4ccccc4)c3)c12. The average Bonchev–Trinajstić information content (AvgIpc) is 3.40. The number of methoxy groups -OCH3 is 1. The number of rotatable bonds is 6. The van der Waals surface area contributed by atoms with Gasteiger partial charge in [0, 0.05) is 29.4 Å². The zero-order valence-electron chi connectivity index (χ0n) is 19.3. The second-order valence-electron chi connectivity index (χ2n) is 8.70. The number of carboxylic acid groups (broad SMARTS) is 1. The van der Waals surface area contributed by atoms with Gasteiger partial charge in [-0.3, -0.25) is 4.79 Å². The summed E-state index contributed by atoms with van der Waals surface area (Å²) in [6.45, 7) is 2.25. The molecule has 1 aliphatic rings. The number of fused-ring (bicyclic) bond motifs is 1. The Morgan fingerprint density at radius 3 is 2.43 bits per heavy atom. The Morgan fingerprint density at radius 2 is 1.74 bits per heavy atom. The van der Waals surface area contributed by atoms with Gasteiger partial charge in [-0.15, -0.1) is 0 Å². The van der Waals surface area contributed by atoms with Crippen molar-refractivity contribution in [3.05, 3.63) is 91.8 Å². The number of hydrogen-bond acceptors (Lipinski definition) is 4. The molecular weight excluding hydrogens is 555 g/mol. The highest BCUT2D eigenvalue weighted by Gasteiger charge is 2.26. The van der Waals surface area contributed by atoms with Crippen LogP contribution in [0.1, 0.15) is 28.8 Å². The molecular formula is C28H25IN2O4. The van der Waals surface area contributed by atoms with Gasteiger partial charge in [-0.2, -0.15) is 0 Å². The van der Waals surface area contributed by atoms with Gasteiger partial charge in [-0.25, -0.2) is 4.79 Å². The number of pyridine rings is 1. The van der Waals surface area contributed by atoms with Gasteiger partial charge in [-0.05, 0) is 64.3 Å². The van der Waals surface area contributed by atoms with E-state index in [0.29, 0.717) is 23.2 Å². The summed E-state index contributed by atoms with van der Waals surface area (Å²) in [5.41, 5.74) is 4.02. The van der Waals surface area contributed by atoms with E-state index in [1.807, 2.05) is 34.9 Å². The molecule has 0 bridgehead atoms. The van der Waals surface area contributed by atoms with Crippen molar-refractivity contribution >= 4 is 45.2 Å². The van der Waals surface area contributed by atoms with E-state index in [1.165, 1.54) is 6.20 Å². The predicted molar refractivity (Wildman–Crippen MR) is 147 cm³/mol. The fraction of sp³-hybridized carbons (Fsp3) is 0.214. The lowest BCUT2D eigenvalue weighted by molar-refractivity contribution is 0.0695. The van der Waals surface area contributed by atoms with Crippen LogP contribution in [0.4, 0.5) is 5.69 Å². The minimum atomic E-state index is -1.23. The number of ether oxygens (including phenoxy) is 1. The molecule has 1 aromatic heterocycles. The molecule has 1 N–H and O–H groups in total. The lowest BCUT2D eigenvalue weighted by Crippen LogP contribution is -2.23. The highest BCUT2D eigenvalue weighted by molar-refractivity contribution is 14.1. The highest BCUT2D eigenvalue weighted by atomic mass is 127. The van der Waals surface area contributed by atoms with Crippen LogP contribution in [0.2, 0.25) is 0 Å². The molecule has 0 unspecified atom stereocenters. The average molecular weight is 580 g/mol. The molecule has 0 amide bonds. The molecule has 7 heteroatoms. The van der Waals surface area contributed by atoms with Gasteiger partial charge in [0.25, 0.3) is 0 Å². The summed E-state index contributed by atoms with van der Waals surface area (Å²) < 4.78 is 8.65. The zero-order valence-corrected chi connectivity index (χ0v) is 21.5. The van der Waals surface area contributed by atoms with Gasteiger partial charge in [-0.1, -0.05) is 48.5 Å². The highest BCUT2D eigenvalue weighted by Crippen LogP contribution is 2.41. The van der Waals surface area contributed by atoms with E-state index in [9.17, 15) is 14.7 Å². The first-order chi connectivity index (χ1) is 17.0. The zero-order chi connectivity index (χ0) is 24.5. The molecule has 5 rings (SSSR count). The molecule has 6 nitrogen and oxygen atoms in total. The Morgan fingerprint density at radius 1 is 1.03 bits per heavy atom. The number of carbonyl (C=O) groups is 1. The summed E-state index contributed by atoms with van der Waals surface area (Å²) in [5.74, 6) is -0.622. The van der Waals surface area contributed by atoms with Crippen LogP contribution in [-0.4, -0.2) is 35.8 Å². The molecule has 3 aromatic carbocycles. The molecule has 0 saturated carbocycles. The van der Waals surface area contributed by atoms with Gasteiger partial charge in [0.2, 0.25) is 5.43 Å². The first-order valence-electron chi connectivity index (χ1n) is 11.5. The smallest absolute Gasteiger partial charge is 0.341 e. The molecule has 0 spiro atoms. The monoisotopic (exact) mass is 580 g/mol. The third-order valence-corrected chi connectivity index (χ3v) is 7.31. The molecule has 1 fully saturated rings. The van der Waals surface area contributed by atoms with Crippen molar-refractivity contribution in [3.63, 3.8) is 0 Å². The van der Waals surface area contributed by atoms with Gasteiger partial charge in [0.15, 0.2) is 5.75 Å². The van der Waals surface area contributed by atoms with Gasteiger partial charge >= 0.3 is 5.97 Å². The maximum Gasteiger partial charge on any atom is 0.341 e. The molecule has 4 aromatic rings. The Hall–Kier alpha value is -3.33. The van der Waals surface area contributed by atoms with Gasteiger partial charge in [0.1, 0.15) is 5.56 Å². The molecule has 0 aliphatic carbocycles. The lowest BCUT2D eigenvalue weighted by atomic mass is 10.0. The van der Waals surface area contributed by atoms with E-state index in [0.717, 1.165) is 51.9 Å². The molecule has 0 radical (unpaired) electrons. The fourth-order valence-electron chi connectivity index (χ4n) is 4.87. The van der Waals surface area contributed by atoms with E-state index in [-0.39, 0.29) is 5.56 Å². The van der Waals surface area contributed by atoms with E-state index in [4.69, 9.17) is 4.74 Å². The second-order valence-corrected chi connectivity index (χ2v) is 9.86. The quantitative estimate of drug-likeness (QED) is 0.300. The van der Waals surface area contributed by atoms with E-state index in [2.05, 4.69) is 51.8 Å². The van der Waals surface area contributed by atoms with Crippen molar-refractivity contribution in [1.82, 2.24) is 4.57 Å². The standard InChI is InChI=1S/C28H25IN2O4/c1-35-27-24-21(15-23(29)25(27)30-12-5-6-13-30)26(32)22(28(33)34)17-31(24)16-18-8-7-11-20(14-18)19-9-3-2-4-10-19/h2-4,7-11,14-15,17H,5-6,12-13,16H2,1H3,(H,33,34). The summed E-state index contributed by atoms with van der Waals surface area (Å²) in [7, 11) is 1.61. The first-order valence-corrected chi connectivity index (χ1v) is 12.6. The van der Waals surface area contributed by atoms with Crippen LogP contribution in [0, 0.1) is 3.57 Å². The normalized spacial score (nSPS) is 13.4. The minimum absolute atomic E-state index is 0.247. The third-order valence-electron chi connectivity index (χ3n) is 6.49. The number of aromatic nitrogens is 1. The summed E-state index contributed by atoms with van der Waals surface area (Å²) in [4.78, 5) is 27.5. The van der Waals surface area contributed by atoms with Crippen LogP contribution in [-0.2, 0) is 6.54 Å². The number of anilines is 1. The van der Waals surface area contributed by atoms with Gasteiger partial charge in [0.05, 0.1) is 23.7 Å². The van der Waals surface area contributed by atoms with E-state index in [1.54, 1.807) is 13.2 Å². The fourth-order valence-corrected chi connectivity index (χ4v) is 5.77. The van der Waals surface area contributed by atoms with Crippen LogP contribution < -0.4 is 15.1 Å². The van der Waals surface area contributed by atoms with Crippen molar-refractivity contribution in [2.45, 2.75) is 19.4 Å². The molecule has 35 heavy (non-hydrogen) atoms. The Kier molecular flexibility index (Phi) is 6.51. The lowest BCUT2D eigenvalue weighted by Gasteiger charge is -2.25. The molecule has 1 saturated heterocycles. The molecule has 1 aliphatic heterocycles. The van der Waals surface area contributed by atoms with Crippen LogP contribution >= 0.6 is 22.6 Å². The van der Waals surface area contributed by atoms with E-state index < -0.39 is 11.4 Å². The summed E-state index contributed by atoms with van der Waals surface area (Å²) in [6, 6.07) is 20.1. The molecule has 178 valence electrons. The minimum Gasteiger partial charge on any atom is -0.492 e. The number of benzene rings is 3. The number of carboxylic acids is 1. The Balaban J connectivity index is 1.72. The summed E-state index contributed by atoms with van der Waals surface area (Å²) >= 11 is 2.22. The largest absolute Gasteiger partial charge is 0.492 e. The van der Waals surface area contributed by atoms with Crippen molar-refractivity contribution in [2.75, 3.05) is 25.1 Å². The molecule has 0 atom stereocenters.